The number of allylic oxidation sites excluding steroid dienone is 5. The lowest BCUT2D eigenvalue weighted by Gasteiger charge is -2.29. The van der Waals surface area contributed by atoms with Crippen molar-refractivity contribution < 1.29 is 38.1 Å². The van der Waals surface area contributed by atoms with E-state index in [4.69, 9.17) is 28.9 Å². The molecule has 2 fully saturated rings. The fourth-order valence-electron chi connectivity index (χ4n) is 8.01. The zero-order valence-corrected chi connectivity index (χ0v) is 35.3. The summed E-state index contributed by atoms with van der Waals surface area (Å²) >= 11 is 0. The van der Waals surface area contributed by atoms with Gasteiger partial charge >= 0.3 is 12.2 Å². The zero-order valence-electron chi connectivity index (χ0n) is 35.3. The number of carbonyl (C=O) groups is 4. The Morgan fingerprint density at radius 2 is 1.67 bits per heavy atom. The van der Waals surface area contributed by atoms with Gasteiger partial charge in [0.15, 0.2) is 0 Å². The van der Waals surface area contributed by atoms with Gasteiger partial charge in [-0.25, -0.2) is 19.6 Å². The molecule has 2 bridgehead atoms. The number of aromatic amines is 2. The average Bonchev–Trinajstić information content (AvgIpc) is 4.09. The maximum absolute atomic E-state index is 13.8. The van der Waals surface area contributed by atoms with Crippen LogP contribution in [0.2, 0.25) is 0 Å². The van der Waals surface area contributed by atoms with Crippen molar-refractivity contribution in [1.82, 2.24) is 40.4 Å². The largest absolute Gasteiger partial charge is 0.453 e. The number of aromatic nitrogens is 4. The van der Waals surface area contributed by atoms with E-state index in [9.17, 15) is 19.2 Å². The molecule has 0 saturated carbocycles. The molecule has 6 rings (SSSR count). The van der Waals surface area contributed by atoms with Crippen LogP contribution in [-0.4, -0.2) is 120 Å². The molecule has 2 saturated heterocycles. The second-order valence-corrected chi connectivity index (χ2v) is 15.6. The minimum absolute atomic E-state index is 0.00318. The number of imidazole rings is 2. The summed E-state index contributed by atoms with van der Waals surface area (Å²) in [6, 6.07) is 5.97. The van der Waals surface area contributed by atoms with Gasteiger partial charge in [-0.05, 0) is 68.1 Å². The molecule has 4 N–H and O–H groups in total. The fourth-order valence-corrected chi connectivity index (χ4v) is 8.01. The number of H-pyrrole nitrogens is 2. The first kappa shape index (κ1) is 43.8. The molecule has 4 amide bonds. The van der Waals surface area contributed by atoms with Gasteiger partial charge in [0, 0.05) is 37.2 Å². The molecule has 0 aliphatic carbocycles. The topological polar surface area (TPSA) is 193 Å². The Labute approximate surface area is 351 Å². The minimum Gasteiger partial charge on any atom is -0.453 e. The molecule has 3 aliphatic rings. The van der Waals surface area contributed by atoms with Crippen LogP contribution in [0, 0.1) is 5.92 Å². The molecule has 5 heterocycles. The Hall–Kier alpha value is -5.74. The molecule has 3 aliphatic heterocycles. The Morgan fingerprint density at radius 3 is 2.40 bits per heavy atom. The third kappa shape index (κ3) is 10.3. The van der Waals surface area contributed by atoms with E-state index in [1.807, 2.05) is 69.5 Å². The number of hydrogen-bond donors (Lipinski definition) is 4. The van der Waals surface area contributed by atoms with Crippen LogP contribution in [-0.2, 0) is 35.0 Å². The van der Waals surface area contributed by atoms with Crippen molar-refractivity contribution in [3.63, 3.8) is 0 Å². The number of methoxy groups -OCH3 is 2. The predicted molar refractivity (Wildman–Crippen MR) is 225 cm³/mol. The highest BCUT2D eigenvalue weighted by molar-refractivity contribution is 5.87. The number of aryl methyl sites for hydroxylation is 1. The van der Waals surface area contributed by atoms with Gasteiger partial charge in [-0.15, -0.1) is 0 Å². The summed E-state index contributed by atoms with van der Waals surface area (Å²) in [6.07, 6.45) is 11.0. The smallest absolute Gasteiger partial charge is 0.407 e. The monoisotopic (exact) mass is 826 g/mol. The number of fused-ring (bicyclic) bond motifs is 4. The SMILES string of the molecule is C=C/C(=C\C=C(/C)c1nc2[nH]c1CCCOCCOC[C@H](NC(=O)OC)C(=O)N1CCC[C@@H]21)c1ccc(-c2c[nH]c([C@@H]3CCCN3C(=O)[C@@H](NC(=O)OC)C(C)C)n2)cc1. The van der Waals surface area contributed by atoms with Crippen molar-refractivity contribution in [3.05, 3.63) is 83.9 Å². The normalized spacial score (nSPS) is 21.2. The Kier molecular flexibility index (Phi) is 15.0. The van der Waals surface area contributed by atoms with E-state index in [2.05, 4.69) is 27.2 Å². The van der Waals surface area contributed by atoms with Crippen molar-refractivity contribution >= 4 is 35.1 Å². The van der Waals surface area contributed by atoms with Gasteiger partial charge in [0.1, 0.15) is 23.7 Å². The number of rotatable bonds is 10. The first-order chi connectivity index (χ1) is 29.0. The maximum Gasteiger partial charge on any atom is 0.407 e. The molecule has 322 valence electrons. The van der Waals surface area contributed by atoms with Crippen LogP contribution in [0.4, 0.5) is 9.59 Å². The highest BCUT2D eigenvalue weighted by Crippen LogP contribution is 2.35. The lowest BCUT2D eigenvalue weighted by Crippen LogP contribution is -2.51. The number of ether oxygens (including phenoxy) is 4. The molecule has 3 aromatic rings. The summed E-state index contributed by atoms with van der Waals surface area (Å²) < 4.78 is 21.1. The van der Waals surface area contributed by atoms with E-state index in [0.717, 1.165) is 71.5 Å². The summed E-state index contributed by atoms with van der Waals surface area (Å²) in [4.78, 5) is 72.0. The molecule has 0 spiro atoms. The maximum atomic E-state index is 13.8. The van der Waals surface area contributed by atoms with Gasteiger partial charge in [-0.3, -0.25) is 9.59 Å². The Bertz CT molecular complexity index is 2050. The molecule has 60 heavy (non-hydrogen) atoms. The number of carbonyl (C=O) groups excluding carboxylic acids is 4. The molecular formula is C44H58N8O8. The number of benzene rings is 1. The fraction of sp³-hybridized carbons (Fsp3) is 0.500. The van der Waals surface area contributed by atoms with Crippen LogP contribution in [0.5, 0.6) is 0 Å². The number of nitrogens with zero attached hydrogens (tertiary/aromatic N) is 4. The second-order valence-electron chi connectivity index (χ2n) is 15.6. The van der Waals surface area contributed by atoms with Crippen LogP contribution in [0.25, 0.3) is 22.4 Å². The van der Waals surface area contributed by atoms with Crippen molar-refractivity contribution in [2.45, 2.75) is 83.5 Å². The molecule has 4 atom stereocenters. The van der Waals surface area contributed by atoms with Crippen LogP contribution in [0.15, 0.2) is 55.3 Å². The number of likely N-dealkylation sites (tertiary alicyclic amines) is 1. The van der Waals surface area contributed by atoms with Crippen LogP contribution in [0.1, 0.15) is 93.6 Å². The first-order valence-corrected chi connectivity index (χ1v) is 20.7. The lowest BCUT2D eigenvalue weighted by atomic mass is 10.0. The molecule has 1 aromatic carbocycles. The van der Waals surface area contributed by atoms with Crippen molar-refractivity contribution in [2.75, 3.05) is 53.7 Å². The Balaban J connectivity index is 1.19. The number of hydrogen-bond acceptors (Lipinski definition) is 10. The van der Waals surface area contributed by atoms with Crippen molar-refractivity contribution in [3.8, 4) is 11.3 Å². The minimum atomic E-state index is -0.908. The second kappa shape index (κ2) is 20.5. The Morgan fingerprint density at radius 1 is 0.933 bits per heavy atom. The van der Waals surface area contributed by atoms with Gasteiger partial charge in [-0.2, -0.15) is 0 Å². The summed E-state index contributed by atoms with van der Waals surface area (Å²) in [7, 11) is 2.55. The van der Waals surface area contributed by atoms with Gasteiger partial charge in [0.25, 0.3) is 0 Å². The first-order valence-electron chi connectivity index (χ1n) is 20.7. The van der Waals surface area contributed by atoms with E-state index in [1.54, 1.807) is 9.80 Å². The zero-order chi connectivity index (χ0) is 42.8. The summed E-state index contributed by atoms with van der Waals surface area (Å²) in [5.41, 5.74) is 6.32. The van der Waals surface area contributed by atoms with E-state index >= 15 is 0 Å². The van der Waals surface area contributed by atoms with Crippen molar-refractivity contribution in [1.29, 1.82) is 0 Å². The molecule has 2 aromatic heterocycles. The van der Waals surface area contributed by atoms with Crippen LogP contribution < -0.4 is 10.6 Å². The third-order valence-corrected chi connectivity index (χ3v) is 11.3. The number of amides is 4. The van der Waals surface area contributed by atoms with Gasteiger partial charge in [-0.1, -0.05) is 62.9 Å². The van der Waals surface area contributed by atoms with E-state index in [1.165, 1.54) is 14.2 Å². The predicted octanol–water partition coefficient (Wildman–Crippen LogP) is 5.88. The summed E-state index contributed by atoms with van der Waals surface area (Å²) in [6.45, 7) is 12.2. The van der Waals surface area contributed by atoms with E-state index in [-0.39, 0.29) is 36.4 Å². The molecule has 16 nitrogen and oxygen atoms in total. The standard InChI is InChI=1S/C44H58N8O8/c1-7-29(30-16-18-31(19-17-30)33-25-45-39(47-33)35-12-8-21-52(35)42(54)37(27(2)3)50-44(56)58-6)15-14-28(4)38-32-11-10-22-59-23-24-60-26-34(48-43(55)57-5)41(53)51-20-9-13-36(51)40(46-32)49-38/h7,14-19,25,27,34-37H,1,8-13,20-24,26H2,2-6H3,(H,45,47)(H,46,49)(H,48,55)(H,50,56)/b28-14+,29-15+/t34-,35-,36-,37-/m0/s1. The van der Waals surface area contributed by atoms with Crippen LogP contribution in [0.3, 0.4) is 0 Å². The summed E-state index contributed by atoms with van der Waals surface area (Å²) in [5.74, 6) is 0.895. The average molecular weight is 827 g/mol. The number of alkyl carbamates (subject to hydrolysis) is 2. The van der Waals surface area contributed by atoms with Crippen LogP contribution >= 0.6 is 0 Å². The lowest BCUT2D eigenvalue weighted by molar-refractivity contribution is -0.136. The highest BCUT2D eigenvalue weighted by Gasteiger charge is 2.39. The molecule has 16 heteroatoms. The third-order valence-electron chi connectivity index (χ3n) is 11.3. The van der Waals surface area contributed by atoms with Gasteiger partial charge in [0.2, 0.25) is 11.8 Å². The number of nitrogens with one attached hydrogen (secondary N) is 4. The van der Waals surface area contributed by atoms with Gasteiger partial charge < -0.3 is 49.3 Å². The quantitative estimate of drug-likeness (QED) is 0.179. The van der Waals surface area contributed by atoms with E-state index < -0.39 is 24.3 Å². The highest BCUT2D eigenvalue weighted by atomic mass is 16.5. The van der Waals surface area contributed by atoms with E-state index in [0.29, 0.717) is 51.0 Å². The molecule has 0 radical (unpaired) electrons. The van der Waals surface area contributed by atoms with Gasteiger partial charge in [0.05, 0.1) is 57.5 Å². The van der Waals surface area contributed by atoms with Crippen molar-refractivity contribution in [2.24, 2.45) is 5.92 Å². The summed E-state index contributed by atoms with van der Waals surface area (Å²) in [5, 5.41) is 5.33. The molecular weight excluding hydrogens is 769 g/mol. The molecule has 0 unspecified atom stereocenters.